The molecule has 0 radical (unpaired) electrons. The molecule has 0 unspecified atom stereocenters. The first-order valence-corrected chi connectivity index (χ1v) is 6.00. The van der Waals surface area contributed by atoms with Gasteiger partial charge in [0.1, 0.15) is 5.82 Å². The Bertz CT molecular complexity index is 385. The molecule has 0 spiro atoms. The lowest BCUT2D eigenvalue weighted by atomic mass is 10.3. The maximum absolute atomic E-state index is 11.3. The quantitative estimate of drug-likeness (QED) is 0.726. The summed E-state index contributed by atoms with van der Waals surface area (Å²) in [6, 6.07) is 1.72. The first-order chi connectivity index (χ1) is 8.72. The van der Waals surface area contributed by atoms with Crippen LogP contribution in [-0.4, -0.2) is 47.8 Å². The molecule has 1 heterocycles. The molecule has 1 aromatic heterocycles. The molecule has 18 heavy (non-hydrogen) atoms. The minimum Gasteiger partial charge on any atom is -0.463 e. The van der Waals surface area contributed by atoms with E-state index in [1.807, 2.05) is 4.90 Å². The van der Waals surface area contributed by atoms with E-state index in [1.54, 1.807) is 6.07 Å². The van der Waals surface area contributed by atoms with Crippen LogP contribution in [0.4, 0.5) is 5.82 Å². The van der Waals surface area contributed by atoms with Crippen molar-refractivity contribution in [3.63, 3.8) is 0 Å². The van der Waals surface area contributed by atoms with Crippen LogP contribution in [0.25, 0.3) is 0 Å². The van der Waals surface area contributed by atoms with Gasteiger partial charge in [-0.15, -0.1) is 0 Å². The number of aliphatic hydroxyl groups excluding tert-OH is 1. The summed E-state index contributed by atoms with van der Waals surface area (Å²) in [5.41, 5.74) is 0. The number of methoxy groups -OCH3 is 1. The Balaban J connectivity index is 2.86. The number of carbonyl (C=O) groups is 1. The normalized spacial score (nSPS) is 10.2. The SMILES string of the molecule is CCCCN(CCO)c1ccnc(C(=O)OC)n1. The fourth-order valence-corrected chi connectivity index (χ4v) is 1.53. The predicted octanol–water partition coefficient (Wildman–Crippen LogP) is 0.862. The predicted molar refractivity (Wildman–Crippen MR) is 67.6 cm³/mol. The van der Waals surface area contributed by atoms with Crippen molar-refractivity contribution in [2.24, 2.45) is 0 Å². The fraction of sp³-hybridized carbons (Fsp3) is 0.583. The zero-order valence-corrected chi connectivity index (χ0v) is 10.8. The molecule has 0 aliphatic carbocycles. The van der Waals surface area contributed by atoms with Crippen molar-refractivity contribution in [3.8, 4) is 0 Å². The number of rotatable bonds is 7. The van der Waals surface area contributed by atoms with Crippen LogP contribution in [0.15, 0.2) is 12.3 Å². The Morgan fingerprint density at radius 2 is 2.28 bits per heavy atom. The van der Waals surface area contributed by atoms with Gasteiger partial charge in [-0.1, -0.05) is 13.3 Å². The summed E-state index contributed by atoms with van der Waals surface area (Å²) < 4.78 is 4.58. The molecule has 1 rings (SSSR count). The molecule has 0 fully saturated rings. The van der Waals surface area contributed by atoms with Gasteiger partial charge in [-0.25, -0.2) is 14.8 Å². The molecule has 0 aromatic carbocycles. The van der Waals surface area contributed by atoms with E-state index in [-0.39, 0.29) is 12.4 Å². The molecular weight excluding hydrogens is 234 g/mol. The van der Waals surface area contributed by atoms with E-state index >= 15 is 0 Å². The molecule has 6 nitrogen and oxygen atoms in total. The van der Waals surface area contributed by atoms with Gasteiger partial charge in [0.2, 0.25) is 5.82 Å². The Labute approximate surface area is 107 Å². The Morgan fingerprint density at radius 3 is 2.89 bits per heavy atom. The van der Waals surface area contributed by atoms with Crippen LogP contribution in [0, 0.1) is 0 Å². The summed E-state index contributed by atoms with van der Waals surface area (Å²) >= 11 is 0. The Kier molecular flexibility index (Phi) is 6.07. The molecule has 0 amide bonds. The van der Waals surface area contributed by atoms with E-state index < -0.39 is 5.97 Å². The number of nitrogens with zero attached hydrogens (tertiary/aromatic N) is 3. The van der Waals surface area contributed by atoms with Crippen molar-refractivity contribution in [1.29, 1.82) is 0 Å². The molecule has 0 bridgehead atoms. The summed E-state index contributed by atoms with van der Waals surface area (Å²) in [4.78, 5) is 21.3. The van der Waals surface area contributed by atoms with Gasteiger partial charge in [-0.2, -0.15) is 0 Å². The van der Waals surface area contributed by atoms with Crippen molar-refractivity contribution in [1.82, 2.24) is 9.97 Å². The van der Waals surface area contributed by atoms with Crippen LogP contribution in [-0.2, 0) is 4.74 Å². The topological polar surface area (TPSA) is 75.5 Å². The van der Waals surface area contributed by atoms with Gasteiger partial charge in [-0.05, 0) is 12.5 Å². The molecule has 0 aliphatic rings. The highest BCUT2D eigenvalue weighted by atomic mass is 16.5. The van der Waals surface area contributed by atoms with Crippen molar-refractivity contribution in [2.45, 2.75) is 19.8 Å². The Hall–Kier alpha value is -1.69. The third-order valence-electron chi connectivity index (χ3n) is 2.48. The number of aromatic nitrogens is 2. The summed E-state index contributed by atoms with van der Waals surface area (Å²) in [5, 5.41) is 9.05. The van der Waals surface area contributed by atoms with E-state index in [1.165, 1.54) is 13.3 Å². The first kappa shape index (κ1) is 14.4. The van der Waals surface area contributed by atoms with E-state index in [4.69, 9.17) is 5.11 Å². The van der Waals surface area contributed by atoms with Crippen LogP contribution in [0.5, 0.6) is 0 Å². The van der Waals surface area contributed by atoms with Gasteiger partial charge in [-0.3, -0.25) is 0 Å². The number of aliphatic hydroxyl groups is 1. The van der Waals surface area contributed by atoms with E-state index in [9.17, 15) is 4.79 Å². The van der Waals surface area contributed by atoms with Crippen molar-refractivity contribution in [3.05, 3.63) is 18.1 Å². The molecule has 6 heteroatoms. The van der Waals surface area contributed by atoms with Crippen molar-refractivity contribution < 1.29 is 14.6 Å². The summed E-state index contributed by atoms with van der Waals surface area (Å²) in [6.45, 7) is 3.41. The molecule has 0 aliphatic heterocycles. The lowest BCUT2D eigenvalue weighted by Crippen LogP contribution is -2.29. The van der Waals surface area contributed by atoms with Crippen LogP contribution >= 0.6 is 0 Å². The summed E-state index contributed by atoms with van der Waals surface area (Å²) in [5.74, 6) is 0.110. The van der Waals surface area contributed by atoms with Crippen LogP contribution in [0.1, 0.15) is 30.4 Å². The number of unbranched alkanes of at least 4 members (excludes halogenated alkanes) is 1. The average Bonchev–Trinajstić information content (AvgIpc) is 2.42. The fourth-order valence-electron chi connectivity index (χ4n) is 1.53. The van der Waals surface area contributed by atoms with E-state index in [2.05, 4.69) is 21.6 Å². The van der Waals surface area contributed by atoms with Gasteiger partial charge >= 0.3 is 5.97 Å². The van der Waals surface area contributed by atoms with Gasteiger partial charge < -0.3 is 14.7 Å². The van der Waals surface area contributed by atoms with Crippen LogP contribution < -0.4 is 4.90 Å². The zero-order valence-electron chi connectivity index (χ0n) is 10.8. The van der Waals surface area contributed by atoms with Gasteiger partial charge in [0.25, 0.3) is 0 Å². The molecule has 1 N–H and O–H groups in total. The summed E-state index contributed by atoms with van der Waals surface area (Å²) in [7, 11) is 1.29. The molecule has 0 atom stereocenters. The maximum Gasteiger partial charge on any atom is 0.376 e. The first-order valence-electron chi connectivity index (χ1n) is 6.00. The molecule has 0 saturated carbocycles. The standard InChI is InChI=1S/C12H19N3O3/c1-3-4-7-15(8-9-16)10-5-6-13-11(14-10)12(17)18-2/h5-6,16H,3-4,7-9H2,1-2H3. The van der Waals surface area contributed by atoms with E-state index in [0.29, 0.717) is 12.4 Å². The number of anilines is 1. The maximum atomic E-state index is 11.3. The number of carbonyl (C=O) groups excluding carboxylic acids is 1. The number of hydrogen-bond donors (Lipinski definition) is 1. The lowest BCUT2D eigenvalue weighted by Gasteiger charge is -2.22. The Morgan fingerprint density at radius 1 is 1.50 bits per heavy atom. The second kappa shape index (κ2) is 7.60. The zero-order chi connectivity index (χ0) is 13.4. The summed E-state index contributed by atoms with van der Waals surface area (Å²) in [6.07, 6.45) is 3.57. The third kappa shape index (κ3) is 3.96. The second-order valence-electron chi connectivity index (χ2n) is 3.79. The highest BCUT2D eigenvalue weighted by molar-refractivity contribution is 5.85. The smallest absolute Gasteiger partial charge is 0.376 e. The number of ether oxygens (including phenoxy) is 1. The number of hydrogen-bond acceptors (Lipinski definition) is 6. The van der Waals surface area contributed by atoms with Crippen LogP contribution in [0.2, 0.25) is 0 Å². The van der Waals surface area contributed by atoms with Gasteiger partial charge in [0.05, 0.1) is 13.7 Å². The van der Waals surface area contributed by atoms with E-state index in [0.717, 1.165) is 19.4 Å². The lowest BCUT2D eigenvalue weighted by molar-refractivity contribution is 0.0587. The van der Waals surface area contributed by atoms with Crippen molar-refractivity contribution in [2.75, 3.05) is 31.7 Å². The van der Waals surface area contributed by atoms with Gasteiger partial charge in [0, 0.05) is 19.3 Å². The van der Waals surface area contributed by atoms with Crippen molar-refractivity contribution >= 4 is 11.8 Å². The largest absolute Gasteiger partial charge is 0.463 e. The minimum atomic E-state index is -0.559. The van der Waals surface area contributed by atoms with Gasteiger partial charge in [0.15, 0.2) is 0 Å². The third-order valence-corrected chi connectivity index (χ3v) is 2.48. The second-order valence-corrected chi connectivity index (χ2v) is 3.79. The molecular formula is C12H19N3O3. The van der Waals surface area contributed by atoms with Crippen LogP contribution in [0.3, 0.4) is 0 Å². The molecule has 1 aromatic rings. The monoisotopic (exact) mass is 253 g/mol. The highest BCUT2D eigenvalue weighted by Gasteiger charge is 2.13. The number of esters is 1. The average molecular weight is 253 g/mol. The molecule has 100 valence electrons. The highest BCUT2D eigenvalue weighted by Crippen LogP contribution is 2.11. The minimum absolute atomic E-state index is 0.0365. The molecule has 0 saturated heterocycles.